The first-order chi connectivity index (χ1) is 10.7. The normalized spacial score (nSPS) is 10.3. The standard InChI is InChI=1S/C17H14FN3O/c1-22-16-11-15(19-14-9-7-13(18)8-10-14)20-17(21-16)12-5-3-2-4-6-12/h2-11H,1H3,(H,19,20,21). The van der Waals surface area contributed by atoms with Crippen molar-refractivity contribution in [2.24, 2.45) is 0 Å². The van der Waals surface area contributed by atoms with Gasteiger partial charge in [-0.25, -0.2) is 9.37 Å². The van der Waals surface area contributed by atoms with Gasteiger partial charge in [0.15, 0.2) is 5.82 Å². The van der Waals surface area contributed by atoms with Gasteiger partial charge in [-0.3, -0.25) is 0 Å². The van der Waals surface area contributed by atoms with Crippen molar-refractivity contribution in [3.63, 3.8) is 0 Å². The molecule has 5 heteroatoms. The lowest BCUT2D eigenvalue weighted by molar-refractivity contribution is 0.398. The third-order valence-electron chi connectivity index (χ3n) is 3.06. The zero-order chi connectivity index (χ0) is 15.4. The summed E-state index contributed by atoms with van der Waals surface area (Å²) in [5.41, 5.74) is 1.63. The van der Waals surface area contributed by atoms with Gasteiger partial charge < -0.3 is 10.1 Å². The van der Waals surface area contributed by atoms with E-state index in [-0.39, 0.29) is 5.82 Å². The Morgan fingerprint density at radius 2 is 1.68 bits per heavy atom. The fourth-order valence-electron chi connectivity index (χ4n) is 1.99. The third-order valence-corrected chi connectivity index (χ3v) is 3.06. The topological polar surface area (TPSA) is 47.0 Å². The van der Waals surface area contributed by atoms with Crippen molar-refractivity contribution in [3.05, 3.63) is 66.5 Å². The van der Waals surface area contributed by atoms with E-state index in [4.69, 9.17) is 4.74 Å². The van der Waals surface area contributed by atoms with Gasteiger partial charge >= 0.3 is 0 Å². The predicted octanol–water partition coefficient (Wildman–Crippen LogP) is 4.03. The summed E-state index contributed by atoms with van der Waals surface area (Å²) in [5.74, 6) is 1.32. The summed E-state index contributed by atoms with van der Waals surface area (Å²) < 4.78 is 18.2. The number of hydrogen-bond acceptors (Lipinski definition) is 4. The van der Waals surface area contributed by atoms with Gasteiger partial charge in [-0.2, -0.15) is 4.98 Å². The summed E-state index contributed by atoms with van der Waals surface area (Å²) in [6.45, 7) is 0. The minimum absolute atomic E-state index is 0.282. The molecule has 3 rings (SSSR count). The molecule has 0 unspecified atom stereocenters. The smallest absolute Gasteiger partial charge is 0.218 e. The minimum atomic E-state index is -0.282. The van der Waals surface area contributed by atoms with Crippen LogP contribution in [0.15, 0.2) is 60.7 Å². The van der Waals surface area contributed by atoms with Crippen LogP contribution in [0.5, 0.6) is 5.88 Å². The van der Waals surface area contributed by atoms with Crippen LogP contribution in [-0.2, 0) is 0 Å². The van der Waals surface area contributed by atoms with E-state index in [1.165, 1.54) is 12.1 Å². The van der Waals surface area contributed by atoms with Gasteiger partial charge in [0.25, 0.3) is 0 Å². The maximum atomic E-state index is 13.0. The van der Waals surface area contributed by atoms with Gasteiger partial charge in [0.05, 0.1) is 7.11 Å². The molecule has 3 aromatic rings. The van der Waals surface area contributed by atoms with E-state index < -0.39 is 0 Å². The molecule has 0 spiro atoms. The summed E-state index contributed by atoms with van der Waals surface area (Å²) in [6.07, 6.45) is 0. The second-order valence-electron chi connectivity index (χ2n) is 4.62. The highest BCUT2D eigenvalue weighted by atomic mass is 19.1. The van der Waals surface area contributed by atoms with Gasteiger partial charge in [-0.15, -0.1) is 0 Å². The van der Waals surface area contributed by atoms with E-state index in [1.54, 1.807) is 25.3 Å². The lowest BCUT2D eigenvalue weighted by atomic mass is 10.2. The van der Waals surface area contributed by atoms with Crippen LogP contribution in [0.3, 0.4) is 0 Å². The number of nitrogens with one attached hydrogen (secondary N) is 1. The van der Waals surface area contributed by atoms with Gasteiger partial charge in [0, 0.05) is 17.3 Å². The van der Waals surface area contributed by atoms with Crippen LogP contribution in [0.2, 0.25) is 0 Å². The Balaban J connectivity index is 1.95. The van der Waals surface area contributed by atoms with E-state index in [9.17, 15) is 4.39 Å². The molecule has 4 nitrogen and oxygen atoms in total. The second-order valence-corrected chi connectivity index (χ2v) is 4.62. The molecule has 0 aliphatic carbocycles. The summed E-state index contributed by atoms with van der Waals surface area (Å²) in [6, 6.07) is 17.4. The molecule has 0 radical (unpaired) electrons. The Kier molecular flexibility index (Phi) is 3.96. The molecule has 1 N–H and O–H groups in total. The van der Waals surface area contributed by atoms with Crippen molar-refractivity contribution in [1.29, 1.82) is 0 Å². The van der Waals surface area contributed by atoms with Crippen LogP contribution in [0.25, 0.3) is 11.4 Å². The fourth-order valence-corrected chi connectivity index (χ4v) is 1.99. The molecule has 0 atom stereocenters. The largest absolute Gasteiger partial charge is 0.481 e. The maximum Gasteiger partial charge on any atom is 0.218 e. The second kappa shape index (κ2) is 6.22. The summed E-state index contributed by atoms with van der Waals surface area (Å²) in [7, 11) is 1.55. The van der Waals surface area contributed by atoms with E-state index in [1.807, 2.05) is 30.3 Å². The summed E-state index contributed by atoms with van der Waals surface area (Å²) >= 11 is 0. The molecule has 0 aliphatic heterocycles. The van der Waals surface area contributed by atoms with Crippen molar-refractivity contribution in [2.45, 2.75) is 0 Å². The van der Waals surface area contributed by atoms with Crippen molar-refractivity contribution < 1.29 is 9.13 Å². The number of methoxy groups -OCH3 is 1. The molecular weight excluding hydrogens is 281 g/mol. The lowest BCUT2D eigenvalue weighted by Gasteiger charge is -2.09. The van der Waals surface area contributed by atoms with Crippen molar-refractivity contribution >= 4 is 11.5 Å². The SMILES string of the molecule is COc1cc(Nc2ccc(F)cc2)nc(-c2ccccc2)n1. The van der Waals surface area contributed by atoms with E-state index in [0.717, 1.165) is 11.3 Å². The average Bonchev–Trinajstić information content (AvgIpc) is 2.57. The molecule has 0 fully saturated rings. The molecule has 0 aliphatic rings. The number of ether oxygens (including phenoxy) is 1. The highest BCUT2D eigenvalue weighted by Crippen LogP contribution is 2.23. The maximum absolute atomic E-state index is 13.0. The van der Waals surface area contributed by atoms with Gasteiger partial charge in [-0.05, 0) is 24.3 Å². The first-order valence-corrected chi connectivity index (χ1v) is 6.76. The molecule has 1 aromatic heterocycles. The van der Waals surface area contributed by atoms with Crippen LogP contribution in [0, 0.1) is 5.82 Å². The van der Waals surface area contributed by atoms with Crippen LogP contribution >= 0.6 is 0 Å². The van der Waals surface area contributed by atoms with E-state index in [0.29, 0.717) is 17.5 Å². The van der Waals surface area contributed by atoms with Gasteiger partial charge in [-0.1, -0.05) is 30.3 Å². The highest BCUT2D eigenvalue weighted by Gasteiger charge is 2.07. The molecule has 1 heterocycles. The minimum Gasteiger partial charge on any atom is -0.481 e. The number of rotatable bonds is 4. The van der Waals surface area contributed by atoms with Crippen LogP contribution in [0.4, 0.5) is 15.9 Å². The quantitative estimate of drug-likeness (QED) is 0.789. The first kappa shape index (κ1) is 14.0. The average molecular weight is 295 g/mol. The van der Waals surface area contributed by atoms with Crippen LogP contribution in [-0.4, -0.2) is 17.1 Å². The zero-order valence-corrected chi connectivity index (χ0v) is 12.0. The number of aromatic nitrogens is 2. The highest BCUT2D eigenvalue weighted by molar-refractivity contribution is 5.62. The summed E-state index contributed by atoms with van der Waals surface area (Å²) in [5, 5.41) is 3.12. The van der Waals surface area contributed by atoms with Crippen molar-refractivity contribution in [3.8, 4) is 17.3 Å². The summed E-state index contributed by atoms with van der Waals surface area (Å²) in [4.78, 5) is 8.82. The number of halogens is 1. The lowest BCUT2D eigenvalue weighted by Crippen LogP contribution is -1.99. The fraction of sp³-hybridized carbons (Fsp3) is 0.0588. The monoisotopic (exact) mass is 295 g/mol. The van der Waals surface area contributed by atoms with Crippen LogP contribution in [0.1, 0.15) is 0 Å². The number of benzene rings is 2. The number of anilines is 2. The van der Waals surface area contributed by atoms with Crippen molar-refractivity contribution in [2.75, 3.05) is 12.4 Å². The molecule has 0 amide bonds. The first-order valence-electron chi connectivity index (χ1n) is 6.76. The van der Waals surface area contributed by atoms with E-state index >= 15 is 0 Å². The van der Waals surface area contributed by atoms with E-state index in [2.05, 4.69) is 15.3 Å². The molecular formula is C17H14FN3O. The molecule has 22 heavy (non-hydrogen) atoms. The Labute approximate surface area is 127 Å². The number of nitrogens with zero attached hydrogens (tertiary/aromatic N) is 2. The Hall–Kier alpha value is -2.95. The molecule has 0 bridgehead atoms. The third kappa shape index (κ3) is 3.20. The van der Waals surface area contributed by atoms with Gasteiger partial charge in [0.1, 0.15) is 11.6 Å². The molecule has 110 valence electrons. The Morgan fingerprint density at radius 1 is 0.955 bits per heavy atom. The Morgan fingerprint density at radius 3 is 2.36 bits per heavy atom. The van der Waals surface area contributed by atoms with Crippen molar-refractivity contribution in [1.82, 2.24) is 9.97 Å². The predicted molar refractivity (Wildman–Crippen MR) is 83.7 cm³/mol. The van der Waals surface area contributed by atoms with Crippen LogP contribution < -0.4 is 10.1 Å². The molecule has 0 saturated carbocycles. The number of hydrogen-bond donors (Lipinski definition) is 1. The zero-order valence-electron chi connectivity index (χ0n) is 12.0. The molecule has 0 saturated heterocycles. The van der Waals surface area contributed by atoms with Gasteiger partial charge in [0.2, 0.25) is 5.88 Å². The molecule has 2 aromatic carbocycles. The Bertz CT molecular complexity index is 761.